The first-order chi connectivity index (χ1) is 9.77. The lowest BCUT2D eigenvalue weighted by atomic mass is 9.92. The van der Waals surface area contributed by atoms with Crippen LogP contribution >= 0.6 is 0 Å². The predicted molar refractivity (Wildman–Crippen MR) is 83.6 cm³/mol. The van der Waals surface area contributed by atoms with Crippen LogP contribution in [0.25, 0.3) is 0 Å². The maximum absolute atomic E-state index is 12.3. The molecule has 0 fully saturated rings. The number of hydrogen-bond donors (Lipinski definition) is 0. The molecule has 0 aliphatic carbocycles. The summed E-state index contributed by atoms with van der Waals surface area (Å²) in [6, 6.07) is 3.43. The minimum atomic E-state index is -3.41. The number of hydrogen-bond acceptors (Lipinski definition) is 4. The number of ether oxygens (including phenoxy) is 1. The molecular formula is C16H24O4S. The SMILES string of the molecule is CCCC(C)c1ccc(C(=O)OC)c(CC)c1S(C)(=O)=O. The first kappa shape index (κ1) is 17.7. The van der Waals surface area contributed by atoms with Crippen LogP contribution in [-0.2, 0) is 21.0 Å². The summed E-state index contributed by atoms with van der Waals surface area (Å²) in [7, 11) is -2.11. The highest BCUT2D eigenvalue weighted by Crippen LogP contribution is 2.32. The van der Waals surface area contributed by atoms with Crippen molar-refractivity contribution in [2.45, 2.75) is 50.8 Å². The number of carbonyl (C=O) groups is 1. The number of rotatable bonds is 6. The van der Waals surface area contributed by atoms with Crippen LogP contribution < -0.4 is 0 Å². The van der Waals surface area contributed by atoms with Gasteiger partial charge < -0.3 is 4.74 Å². The van der Waals surface area contributed by atoms with E-state index in [4.69, 9.17) is 4.74 Å². The Morgan fingerprint density at radius 1 is 1.29 bits per heavy atom. The van der Waals surface area contributed by atoms with Crippen LogP contribution in [0.5, 0.6) is 0 Å². The summed E-state index contributed by atoms with van der Waals surface area (Å²) < 4.78 is 29.3. The maximum Gasteiger partial charge on any atom is 0.338 e. The molecule has 0 aliphatic heterocycles. The normalized spacial score (nSPS) is 13.0. The molecule has 0 saturated heterocycles. The van der Waals surface area contributed by atoms with Gasteiger partial charge in [0, 0.05) is 6.26 Å². The van der Waals surface area contributed by atoms with Crippen molar-refractivity contribution in [1.82, 2.24) is 0 Å². The van der Waals surface area contributed by atoms with Crippen molar-refractivity contribution in [1.29, 1.82) is 0 Å². The van der Waals surface area contributed by atoms with E-state index in [1.165, 1.54) is 13.4 Å². The molecule has 0 aromatic heterocycles. The Hall–Kier alpha value is -1.36. The topological polar surface area (TPSA) is 60.4 Å². The molecule has 118 valence electrons. The second-order valence-electron chi connectivity index (χ2n) is 5.32. The van der Waals surface area contributed by atoms with Crippen molar-refractivity contribution in [3.05, 3.63) is 28.8 Å². The zero-order valence-corrected chi connectivity index (χ0v) is 14.2. The minimum Gasteiger partial charge on any atom is -0.465 e. The van der Waals surface area contributed by atoms with Crippen LogP contribution in [0.4, 0.5) is 0 Å². The smallest absolute Gasteiger partial charge is 0.338 e. The first-order valence-corrected chi connectivity index (χ1v) is 9.11. The summed E-state index contributed by atoms with van der Waals surface area (Å²) in [5.41, 5.74) is 1.70. The van der Waals surface area contributed by atoms with E-state index in [2.05, 4.69) is 6.92 Å². The van der Waals surface area contributed by atoms with Gasteiger partial charge in [-0.15, -0.1) is 0 Å². The number of methoxy groups -OCH3 is 1. The lowest BCUT2D eigenvalue weighted by Crippen LogP contribution is -2.14. The molecule has 0 bridgehead atoms. The second-order valence-corrected chi connectivity index (χ2v) is 7.27. The van der Waals surface area contributed by atoms with Gasteiger partial charge in [-0.25, -0.2) is 13.2 Å². The highest BCUT2D eigenvalue weighted by molar-refractivity contribution is 7.90. The third kappa shape index (κ3) is 3.84. The first-order valence-electron chi connectivity index (χ1n) is 7.21. The van der Waals surface area contributed by atoms with Crippen LogP contribution in [0.2, 0.25) is 0 Å². The average Bonchev–Trinajstić information content (AvgIpc) is 2.43. The zero-order chi connectivity index (χ0) is 16.2. The Kier molecular flexibility index (Phi) is 5.96. The quantitative estimate of drug-likeness (QED) is 0.756. The van der Waals surface area contributed by atoms with E-state index in [-0.39, 0.29) is 5.92 Å². The number of sulfone groups is 1. The highest BCUT2D eigenvalue weighted by Gasteiger charge is 2.25. The fourth-order valence-corrected chi connectivity index (χ4v) is 4.11. The number of esters is 1. The molecule has 1 aromatic carbocycles. The average molecular weight is 312 g/mol. The lowest BCUT2D eigenvalue weighted by Gasteiger charge is -2.20. The molecule has 1 rings (SSSR count). The van der Waals surface area contributed by atoms with E-state index < -0.39 is 15.8 Å². The van der Waals surface area contributed by atoms with Crippen molar-refractivity contribution in [2.24, 2.45) is 0 Å². The van der Waals surface area contributed by atoms with E-state index >= 15 is 0 Å². The number of carbonyl (C=O) groups excluding carboxylic acids is 1. The molecule has 0 saturated carbocycles. The van der Waals surface area contributed by atoms with Gasteiger partial charge in [0.2, 0.25) is 0 Å². The van der Waals surface area contributed by atoms with E-state index in [1.807, 2.05) is 13.8 Å². The molecule has 1 aromatic rings. The van der Waals surface area contributed by atoms with Gasteiger partial charge in [-0.3, -0.25) is 0 Å². The minimum absolute atomic E-state index is 0.136. The highest BCUT2D eigenvalue weighted by atomic mass is 32.2. The van der Waals surface area contributed by atoms with Crippen molar-refractivity contribution in [2.75, 3.05) is 13.4 Å². The Labute approximate surface area is 127 Å². The molecule has 21 heavy (non-hydrogen) atoms. The summed E-state index contributed by atoms with van der Waals surface area (Å²) in [5, 5.41) is 0. The molecule has 0 N–H and O–H groups in total. The summed E-state index contributed by atoms with van der Waals surface area (Å²) in [5.74, 6) is -0.358. The van der Waals surface area contributed by atoms with Gasteiger partial charge in [-0.2, -0.15) is 0 Å². The molecule has 0 aliphatic rings. The van der Waals surface area contributed by atoms with Gasteiger partial charge in [0.15, 0.2) is 9.84 Å². The largest absolute Gasteiger partial charge is 0.465 e. The van der Waals surface area contributed by atoms with Crippen molar-refractivity contribution in [3.63, 3.8) is 0 Å². The van der Waals surface area contributed by atoms with Gasteiger partial charge in [-0.05, 0) is 36.0 Å². The fourth-order valence-electron chi connectivity index (χ4n) is 2.71. The van der Waals surface area contributed by atoms with E-state index in [9.17, 15) is 13.2 Å². The van der Waals surface area contributed by atoms with E-state index in [1.54, 1.807) is 12.1 Å². The molecule has 0 radical (unpaired) electrons. The van der Waals surface area contributed by atoms with Crippen molar-refractivity contribution < 1.29 is 17.9 Å². The summed E-state index contributed by atoms with van der Waals surface area (Å²) in [4.78, 5) is 12.2. The van der Waals surface area contributed by atoms with Gasteiger partial charge in [0.25, 0.3) is 0 Å². The molecule has 1 unspecified atom stereocenters. The van der Waals surface area contributed by atoms with Crippen LogP contribution in [0.3, 0.4) is 0 Å². The summed E-state index contributed by atoms with van der Waals surface area (Å²) in [6.45, 7) is 5.94. The van der Waals surface area contributed by atoms with Gasteiger partial charge in [0.1, 0.15) is 0 Å². The van der Waals surface area contributed by atoms with E-state index in [0.29, 0.717) is 22.4 Å². The standard InChI is InChI=1S/C16H24O4S/c1-6-8-11(3)13-9-10-14(16(17)20-4)12(7-2)15(13)21(5,18)19/h9-11H,6-8H2,1-5H3. The Morgan fingerprint density at radius 3 is 2.33 bits per heavy atom. The Morgan fingerprint density at radius 2 is 1.90 bits per heavy atom. The molecule has 5 heteroatoms. The van der Waals surface area contributed by atoms with Gasteiger partial charge in [-0.1, -0.05) is 33.3 Å². The third-order valence-electron chi connectivity index (χ3n) is 3.67. The van der Waals surface area contributed by atoms with Crippen molar-refractivity contribution in [3.8, 4) is 0 Å². The fraction of sp³-hybridized carbons (Fsp3) is 0.562. The molecule has 0 heterocycles. The Bertz CT molecular complexity index is 617. The molecule has 0 spiro atoms. The predicted octanol–water partition coefficient (Wildman–Crippen LogP) is 3.34. The summed E-state index contributed by atoms with van der Waals surface area (Å²) in [6.07, 6.45) is 3.55. The zero-order valence-electron chi connectivity index (χ0n) is 13.4. The Balaban J connectivity index is 3.66. The number of benzene rings is 1. The third-order valence-corrected chi connectivity index (χ3v) is 4.90. The molecule has 0 amide bonds. The van der Waals surface area contributed by atoms with Gasteiger partial charge >= 0.3 is 5.97 Å². The van der Waals surface area contributed by atoms with Crippen LogP contribution in [0.1, 0.15) is 61.0 Å². The van der Waals surface area contributed by atoms with Crippen LogP contribution in [0, 0.1) is 0 Å². The lowest BCUT2D eigenvalue weighted by molar-refractivity contribution is 0.0599. The molecule has 1 atom stereocenters. The maximum atomic E-state index is 12.3. The second kappa shape index (κ2) is 7.07. The monoisotopic (exact) mass is 312 g/mol. The van der Waals surface area contributed by atoms with Crippen LogP contribution in [-0.4, -0.2) is 27.8 Å². The molecular weight excluding hydrogens is 288 g/mol. The van der Waals surface area contributed by atoms with Crippen LogP contribution in [0.15, 0.2) is 17.0 Å². The van der Waals surface area contributed by atoms with Gasteiger partial charge in [0.05, 0.1) is 17.6 Å². The molecule has 4 nitrogen and oxygen atoms in total. The summed E-state index contributed by atoms with van der Waals surface area (Å²) >= 11 is 0. The van der Waals surface area contributed by atoms with E-state index in [0.717, 1.165) is 18.4 Å². The van der Waals surface area contributed by atoms with Crippen molar-refractivity contribution >= 4 is 15.8 Å².